The van der Waals surface area contributed by atoms with Gasteiger partial charge in [0.2, 0.25) is 5.91 Å². The molecule has 1 unspecified atom stereocenters. The molecule has 3 N–H and O–H groups in total. The van der Waals surface area contributed by atoms with Crippen LogP contribution in [0.2, 0.25) is 0 Å². The van der Waals surface area contributed by atoms with Crippen LogP contribution in [-0.4, -0.2) is 25.7 Å². The van der Waals surface area contributed by atoms with Crippen molar-refractivity contribution in [1.82, 2.24) is 0 Å². The fourth-order valence-electron chi connectivity index (χ4n) is 1.21. The molecule has 1 atom stereocenters. The van der Waals surface area contributed by atoms with Crippen molar-refractivity contribution in [1.29, 1.82) is 0 Å². The van der Waals surface area contributed by atoms with Crippen molar-refractivity contribution in [2.24, 2.45) is 5.73 Å². The maximum absolute atomic E-state index is 13.4. The molecule has 0 aliphatic carbocycles. The van der Waals surface area contributed by atoms with Gasteiger partial charge < -0.3 is 15.8 Å². The molecule has 1 aromatic rings. The van der Waals surface area contributed by atoms with Crippen LogP contribution in [-0.2, 0) is 9.53 Å². The molecular formula is C11H14BrFN2O2. The van der Waals surface area contributed by atoms with E-state index in [2.05, 4.69) is 21.2 Å². The van der Waals surface area contributed by atoms with Crippen LogP contribution in [0.4, 0.5) is 10.1 Å². The van der Waals surface area contributed by atoms with Gasteiger partial charge in [0.1, 0.15) is 5.82 Å². The van der Waals surface area contributed by atoms with Crippen LogP contribution in [0.5, 0.6) is 0 Å². The number of para-hydroxylation sites is 1. The summed E-state index contributed by atoms with van der Waals surface area (Å²) >= 11 is 3.16. The number of benzene rings is 1. The first-order valence-corrected chi connectivity index (χ1v) is 5.85. The van der Waals surface area contributed by atoms with Gasteiger partial charge in [-0.1, -0.05) is 6.07 Å². The largest absolute Gasteiger partial charge is 0.385 e. The molecule has 1 amide bonds. The maximum atomic E-state index is 13.4. The molecule has 4 nitrogen and oxygen atoms in total. The van der Waals surface area contributed by atoms with Crippen LogP contribution in [0, 0.1) is 5.82 Å². The Labute approximate surface area is 107 Å². The van der Waals surface area contributed by atoms with Crippen LogP contribution in [0.1, 0.15) is 6.42 Å². The summed E-state index contributed by atoms with van der Waals surface area (Å²) in [5, 5.41) is 2.45. The van der Waals surface area contributed by atoms with E-state index < -0.39 is 17.8 Å². The molecule has 0 heterocycles. The van der Waals surface area contributed by atoms with E-state index in [4.69, 9.17) is 10.5 Å². The Morgan fingerprint density at radius 1 is 1.65 bits per heavy atom. The lowest BCUT2D eigenvalue weighted by molar-refractivity contribution is -0.117. The fourth-order valence-corrected chi connectivity index (χ4v) is 1.65. The normalized spacial score (nSPS) is 12.2. The number of nitrogens with one attached hydrogen (secondary N) is 1. The second-order valence-corrected chi connectivity index (χ2v) is 4.33. The van der Waals surface area contributed by atoms with Crippen molar-refractivity contribution in [2.75, 3.05) is 19.0 Å². The number of amides is 1. The van der Waals surface area contributed by atoms with E-state index in [-0.39, 0.29) is 5.69 Å². The Balaban J connectivity index is 2.68. The van der Waals surface area contributed by atoms with Crippen molar-refractivity contribution in [2.45, 2.75) is 12.5 Å². The first-order valence-electron chi connectivity index (χ1n) is 5.05. The van der Waals surface area contributed by atoms with Gasteiger partial charge in [0.25, 0.3) is 0 Å². The molecule has 17 heavy (non-hydrogen) atoms. The summed E-state index contributed by atoms with van der Waals surface area (Å²) in [5.74, 6) is -0.945. The van der Waals surface area contributed by atoms with Gasteiger partial charge in [0.15, 0.2) is 0 Å². The predicted octanol–water partition coefficient (Wildman–Crippen LogP) is 1.89. The lowest BCUT2D eigenvalue weighted by Crippen LogP contribution is -2.36. The zero-order chi connectivity index (χ0) is 12.8. The topological polar surface area (TPSA) is 64.3 Å². The predicted molar refractivity (Wildman–Crippen MR) is 67.2 cm³/mol. The molecule has 1 rings (SSSR count). The molecule has 0 bridgehead atoms. The third-order valence-corrected chi connectivity index (χ3v) is 2.84. The van der Waals surface area contributed by atoms with Crippen LogP contribution < -0.4 is 11.1 Å². The molecule has 1 aromatic carbocycles. The molecule has 6 heteroatoms. The zero-order valence-electron chi connectivity index (χ0n) is 9.37. The molecule has 0 aliphatic rings. The summed E-state index contributed by atoms with van der Waals surface area (Å²) in [5.41, 5.74) is 5.72. The van der Waals surface area contributed by atoms with Crippen molar-refractivity contribution < 1.29 is 13.9 Å². The minimum absolute atomic E-state index is 0.102. The number of methoxy groups -OCH3 is 1. The Hall–Kier alpha value is -0.980. The van der Waals surface area contributed by atoms with Crippen molar-refractivity contribution in [3.8, 4) is 0 Å². The quantitative estimate of drug-likeness (QED) is 0.873. The van der Waals surface area contributed by atoms with E-state index in [1.807, 2.05) is 0 Å². The summed E-state index contributed by atoms with van der Waals surface area (Å²) in [6, 6.07) is 3.72. The Kier molecular flexibility index (Phi) is 5.54. The van der Waals surface area contributed by atoms with E-state index in [9.17, 15) is 9.18 Å². The molecule has 0 saturated heterocycles. The highest BCUT2D eigenvalue weighted by molar-refractivity contribution is 9.10. The lowest BCUT2D eigenvalue weighted by atomic mass is 10.2. The molecular weight excluding hydrogens is 291 g/mol. The highest BCUT2D eigenvalue weighted by Crippen LogP contribution is 2.25. The van der Waals surface area contributed by atoms with Gasteiger partial charge in [-0.2, -0.15) is 0 Å². The van der Waals surface area contributed by atoms with Crippen LogP contribution >= 0.6 is 15.9 Å². The second kappa shape index (κ2) is 6.68. The van der Waals surface area contributed by atoms with Crippen LogP contribution in [0.3, 0.4) is 0 Å². The highest BCUT2D eigenvalue weighted by Gasteiger charge is 2.16. The average molecular weight is 305 g/mol. The molecule has 0 aliphatic heterocycles. The van der Waals surface area contributed by atoms with Gasteiger partial charge in [0, 0.05) is 18.2 Å². The van der Waals surface area contributed by atoms with E-state index in [1.165, 1.54) is 13.2 Å². The van der Waals surface area contributed by atoms with Crippen molar-refractivity contribution in [3.63, 3.8) is 0 Å². The minimum Gasteiger partial charge on any atom is -0.385 e. The molecule has 0 radical (unpaired) electrons. The van der Waals surface area contributed by atoms with Gasteiger partial charge >= 0.3 is 0 Å². The number of ether oxygens (including phenoxy) is 1. The monoisotopic (exact) mass is 304 g/mol. The number of anilines is 1. The summed E-state index contributed by atoms with van der Waals surface area (Å²) in [6.07, 6.45) is 0.383. The summed E-state index contributed by atoms with van der Waals surface area (Å²) < 4.78 is 18.7. The second-order valence-electron chi connectivity index (χ2n) is 3.47. The lowest BCUT2D eigenvalue weighted by Gasteiger charge is -2.13. The molecule has 0 aromatic heterocycles. The third-order valence-electron chi connectivity index (χ3n) is 2.18. The summed E-state index contributed by atoms with van der Waals surface area (Å²) in [6.45, 7) is 0.382. The SMILES string of the molecule is COCCC(N)C(=O)Nc1c(F)cccc1Br. The molecule has 0 fully saturated rings. The minimum atomic E-state index is -0.721. The smallest absolute Gasteiger partial charge is 0.241 e. The standard InChI is InChI=1S/C11H14BrFN2O2/c1-17-6-5-9(14)11(16)15-10-7(12)3-2-4-8(10)13/h2-4,9H,5-6,14H2,1H3,(H,15,16). The average Bonchev–Trinajstić information content (AvgIpc) is 2.30. The number of rotatable bonds is 5. The van der Waals surface area contributed by atoms with Crippen molar-refractivity contribution in [3.05, 3.63) is 28.5 Å². The zero-order valence-corrected chi connectivity index (χ0v) is 11.0. The van der Waals surface area contributed by atoms with Crippen LogP contribution in [0.25, 0.3) is 0 Å². The Bertz CT molecular complexity index is 381. The number of halogens is 2. The summed E-state index contributed by atoms with van der Waals surface area (Å²) in [7, 11) is 1.53. The van der Waals surface area contributed by atoms with Gasteiger partial charge in [0.05, 0.1) is 11.7 Å². The number of hydrogen-bond donors (Lipinski definition) is 2. The Morgan fingerprint density at radius 3 is 2.94 bits per heavy atom. The van der Waals surface area contributed by atoms with E-state index in [0.717, 1.165) is 0 Å². The number of carbonyl (C=O) groups excluding carboxylic acids is 1. The maximum Gasteiger partial charge on any atom is 0.241 e. The Morgan fingerprint density at radius 2 is 2.35 bits per heavy atom. The van der Waals surface area contributed by atoms with E-state index in [1.54, 1.807) is 12.1 Å². The van der Waals surface area contributed by atoms with Gasteiger partial charge in [-0.05, 0) is 34.5 Å². The first kappa shape index (κ1) is 14.1. The van der Waals surface area contributed by atoms with Gasteiger partial charge in [-0.15, -0.1) is 0 Å². The highest BCUT2D eigenvalue weighted by atomic mass is 79.9. The number of nitrogens with two attached hydrogens (primary N) is 1. The molecule has 0 spiro atoms. The number of carbonyl (C=O) groups is 1. The van der Waals surface area contributed by atoms with E-state index in [0.29, 0.717) is 17.5 Å². The third kappa shape index (κ3) is 4.07. The number of hydrogen-bond acceptors (Lipinski definition) is 3. The van der Waals surface area contributed by atoms with Crippen LogP contribution in [0.15, 0.2) is 22.7 Å². The summed E-state index contributed by atoms with van der Waals surface area (Å²) in [4.78, 5) is 11.6. The van der Waals surface area contributed by atoms with E-state index >= 15 is 0 Å². The fraction of sp³-hybridized carbons (Fsp3) is 0.364. The van der Waals surface area contributed by atoms with Gasteiger partial charge in [-0.3, -0.25) is 4.79 Å². The van der Waals surface area contributed by atoms with Gasteiger partial charge in [-0.25, -0.2) is 4.39 Å². The van der Waals surface area contributed by atoms with Crippen molar-refractivity contribution >= 4 is 27.5 Å². The first-order chi connectivity index (χ1) is 8.06. The molecule has 0 saturated carbocycles. The molecule has 94 valence electrons.